The summed E-state index contributed by atoms with van der Waals surface area (Å²) in [6.45, 7) is 2.08. The van der Waals surface area contributed by atoms with Gasteiger partial charge in [-0.15, -0.1) is 0 Å². The highest BCUT2D eigenvalue weighted by Crippen LogP contribution is 2.29. The fourth-order valence-electron chi connectivity index (χ4n) is 1.88. The molecule has 1 atom stereocenters. The van der Waals surface area contributed by atoms with Gasteiger partial charge in [0.2, 0.25) is 0 Å². The van der Waals surface area contributed by atoms with E-state index in [1.807, 2.05) is 13.1 Å². The number of ether oxygens (including phenoxy) is 1. The van der Waals surface area contributed by atoms with Crippen molar-refractivity contribution < 1.29 is 4.74 Å². The summed E-state index contributed by atoms with van der Waals surface area (Å²) in [5.74, 6) is 1.76. The normalized spacial score (nSPS) is 12.4. The van der Waals surface area contributed by atoms with Crippen molar-refractivity contribution in [1.29, 1.82) is 0 Å². The van der Waals surface area contributed by atoms with Gasteiger partial charge < -0.3 is 10.1 Å². The molecule has 0 fully saturated rings. The van der Waals surface area contributed by atoms with E-state index in [0.717, 1.165) is 22.2 Å². The lowest BCUT2D eigenvalue weighted by atomic mass is 10.0. The monoisotopic (exact) mass is 278 g/mol. The van der Waals surface area contributed by atoms with Crippen molar-refractivity contribution in [2.45, 2.75) is 18.1 Å². The minimum atomic E-state index is 0.199. The molecule has 19 heavy (non-hydrogen) atoms. The molecule has 0 aliphatic rings. The first-order chi connectivity index (χ1) is 9.24. The van der Waals surface area contributed by atoms with Gasteiger partial charge in [-0.25, -0.2) is 4.98 Å². The van der Waals surface area contributed by atoms with E-state index in [0.29, 0.717) is 0 Å². The Morgan fingerprint density at radius 2 is 2.32 bits per heavy atom. The summed E-state index contributed by atoms with van der Waals surface area (Å²) < 4.78 is 5.44. The Hall–Kier alpha value is -1.53. The van der Waals surface area contributed by atoms with Crippen LogP contribution in [0.5, 0.6) is 5.75 Å². The van der Waals surface area contributed by atoms with E-state index in [-0.39, 0.29) is 6.04 Å². The second-order valence-corrected chi connectivity index (χ2v) is 5.20. The Bertz CT molecular complexity index is 515. The molecule has 2 rings (SSSR count). The molecule has 1 unspecified atom stereocenters. The van der Waals surface area contributed by atoms with E-state index in [4.69, 9.17) is 4.74 Å². The molecule has 102 valence electrons. The lowest BCUT2D eigenvalue weighted by molar-refractivity contribution is 0.404. The lowest BCUT2D eigenvalue weighted by Crippen LogP contribution is -2.19. The van der Waals surface area contributed by atoms with Gasteiger partial charge in [-0.1, -0.05) is 29.5 Å². The molecule has 0 aliphatic heterocycles. The summed E-state index contributed by atoms with van der Waals surface area (Å²) in [7, 11) is 3.65. The second-order valence-electron chi connectivity index (χ2n) is 4.19. The van der Waals surface area contributed by atoms with Gasteiger partial charge in [0.1, 0.15) is 12.1 Å². The molecule has 1 aromatic carbocycles. The van der Waals surface area contributed by atoms with Gasteiger partial charge in [0.25, 0.3) is 0 Å². The quantitative estimate of drug-likeness (QED) is 0.793. The highest BCUT2D eigenvalue weighted by atomic mass is 32.2. The van der Waals surface area contributed by atoms with Crippen LogP contribution in [0, 0.1) is 6.92 Å². The number of hydrogen-bond donors (Lipinski definition) is 2. The summed E-state index contributed by atoms with van der Waals surface area (Å²) in [6.07, 6.45) is 1.52. The molecule has 0 saturated carbocycles. The molecule has 1 heterocycles. The Morgan fingerprint density at radius 3 is 2.95 bits per heavy atom. The Kier molecular flexibility index (Phi) is 4.81. The van der Waals surface area contributed by atoms with Crippen LogP contribution in [0.4, 0.5) is 0 Å². The number of aromatic nitrogens is 3. The van der Waals surface area contributed by atoms with Crippen LogP contribution in [0.3, 0.4) is 0 Å². The van der Waals surface area contributed by atoms with Gasteiger partial charge in [-0.05, 0) is 20.0 Å². The van der Waals surface area contributed by atoms with Crippen molar-refractivity contribution in [1.82, 2.24) is 20.5 Å². The van der Waals surface area contributed by atoms with Crippen LogP contribution in [0.1, 0.15) is 17.2 Å². The third-order valence-electron chi connectivity index (χ3n) is 2.89. The molecule has 6 heteroatoms. The maximum absolute atomic E-state index is 5.44. The van der Waals surface area contributed by atoms with Gasteiger partial charge in [0.05, 0.1) is 7.11 Å². The van der Waals surface area contributed by atoms with Crippen molar-refractivity contribution in [3.8, 4) is 5.75 Å². The fraction of sp³-hybridized carbons (Fsp3) is 0.385. The van der Waals surface area contributed by atoms with Crippen LogP contribution in [0.25, 0.3) is 0 Å². The number of H-pyrrole nitrogens is 1. The predicted molar refractivity (Wildman–Crippen MR) is 76.6 cm³/mol. The lowest BCUT2D eigenvalue weighted by Gasteiger charge is -2.19. The molecule has 0 spiro atoms. The second kappa shape index (κ2) is 6.58. The summed E-state index contributed by atoms with van der Waals surface area (Å²) in [5.41, 5.74) is 2.39. The van der Waals surface area contributed by atoms with Crippen LogP contribution < -0.4 is 10.1 Å². The summed E-state index contributed by atoms with van der Waals surface area (Å²) in [4.78, 5) is 4.11. The Morgan fingerprint density at radius 1 is 1.47 bits per heavy atom. The van der Waals surface area contributed by atoms with Gasteiger partial charge in [-0.2, -0.15) is 5.10 Å². The third-order valence-corrected chi connectivity index (χ3v) is 3.86. The standard InChI is InChI=1S/C13H18N4OS/c1-9-4-5-12(18-3)10(6-9)11(14-2)7-19-13-15-8-16-17-13/h4-6,8,11,14H,7H2,1-3H3,(H,15,16,17). The zero-order valence-corrected chi connectivity index (χ0v) is 12.1. The van der Waals surface area contributed by atoms with Gasteiger partial charge in [-0.3, -0.25) is 5.10 Å². The van der Waals surface area contributed by atoms with Crippen molar-refractivity contribution >= 4 is 11.8 Å². The smallest absolute Gasteiger partial charge is 0.183 e. The number of nitrogens with one attached hydrogen (secondary N) is 2. The van der Waals surface area contributed by atoms with Crippen molar-refractivity contribution in [3.63, 3.8) is 0 Å². The molecule has 0 aliphatic carbocycles. The minimum Gasteiger partial charge on any atom is -0.496 e. The highest BCUT2D eigenvalue weighted by molar-refractivity contribution is 7.99. The zero-order valence-electron chi connectivity index (χ0n) is 11.3. The molecule has 0 bridgehead atoms. The maximum Gasteiger partial charge on any atom is 0.183 e. The molecule has 5 nitrogen and oxygen atoms in total. The number of benzene rings is 1. The fourth-order valence-corrected chi connectivity index (χ4v) is 2.79. The Labute approximate surface area is 117 Å². The first-order valence-corrected chi connectivity index (χ1v) is 7.03. The van der Waals surface area contributed by atoms with Crippen LogP contribution in [0.15, 0.2) is 29.7 Å². The topological polar surface area (TPSA) is 62.8 Å². The molecule has 2 aromatic rings. The molecular formula is C13H18N4OS. The number of nitrogens with zero attached hydrogens (tertiary/aromatic N) is 2. The SMILES string of the molecule is CNC(CSc1ncn[nH]1)c1cc(C)ccc1OC. The molecular weight excluding hydrogens is 260 g/mol. The average molecular weight is 278 g/mol. The van der Waals surface area contributed by atoms with E-state index >= 15 is 0 Å². The molecule has 1 aromatic heterocycles. The third kappa shape index (κ3) is 3.48. The number of rotatable bonds is 6. The molecule has 2 N–H and O–H groups in total. The Balaban J connectivity index is 2.14. The summed E-state index contributed by atoms with van der Waals surface area (Å²) >= 11 is 1.63. The summed E-state index contributed by atoms with van der Waals surface area (Å²) in [5, 5.41) is 10.8. The van der Waals surface area contributed by atoms with E-state index in [9.17, 15) is 0 Å². The number of hydrogen-bond acceptors (Lipinski definition) is 5. The van der Waals surface area contributed by atoms with E-state index in [2.05, 4.69) is 39.6 Å². The van der Waals surface area contributed by atoms with E-state index < -0.39 is 0 Å². The number of thioether (sulfide) groups is 1. The van der Waals surface area contributed by atoms with Crippen LogP contribution in [-0.2, 0) is 0 Å². The average Bonchev–Trinajstić information content (AvgIpc) is 2.93. The van der Waals surface area contributed by atoms with Gasteiger partial charge in [0.15, 0.2) is 5.16 Å². The number of aromatic amines is 1. The van der Waals surface area contributed by atoms with Crippen molar-refractivity contribution in [3.05, 3.63) is 35.7 Å². The van der Waals surface area contributed by atoms with E-state index in [1.165, 1.54) is 11.9 Å². The molecule has 0 saturated heterocycles. The number of methoxy groups -OCH3 is 1. The van der Waals surface area contributed by atoms with Crippen LogP contribution in [0.2, 0.25) is 0 Å². The first kappa shape index (κ1) is 13.9. The predicted octanol–water partition coefficient (Wildman–Crippen LogP) is 2.17. The van der Waals surface area contributed by atoms with E-state index in [1.54, 1.807) is 18.9 Å². The first-order valence-electron chi connectivity index (χ1n) is 6.04. The van der Waals surface area contributed by atoms with Crippen molar-refractivity contribution in [2.75, 3.05) is 19.9 Å². The number of aryl methyl sites for hydroxylation is 1. The summed E-state index contributed by atoms with van der Waals surface area (Å²) in [6, 6.07) is 6.42. The van der Waals surface area contributed by atoms with Crippen molar-refractivity contribution in [2.24, 2.45) is 0 Å². The highest BCUT2D eigenvalue weighted by Gasteiger charge is 2.15. The minimum absolute atomic E-state index is 0.199. The molecule has 0 radical (unpaired) electrons. The zero-order chi connectivity index (χ0) is 13.7. The molecule has 0 amide bonds. The van der Waals surface area contributed by atoms with Crippen LogP contribution in [-0.4, -0.2) is 35.1 Å². The van der Waals surface area contributed by atoms with Crippen LogP contribution >= 0.6 is 11.8 Å². The largest absolute Gasteiger partial charge is 0.496 e. The van der Waals surface area contributed by atoms with Gasteiger partial charge >= 0.3 is 0 Å². The van der Waals surface area contributed by atoms with Gasteiger partial charge in [0, 0.05) is 17.4 Å². The maximum atomic E-state index is 5.44.